The maximum absolute atomic E-state index is 13.2. The lowest BCUT2D eigenvalue weighted by Crippen LogP contribution is -2.17. The SMILES string of the molecule is C=C1c2ccccc2C(=O)c2c(Nc3ccccc3)ccc(NC)c21. The fraction of sp³-hybridized carbons (Fsp3) is 0.0455. The van der Waals surface area contributed by atoms with Gasteiger partial charge in [-0.25, -0.2) is 0 Å². The molecule has 0 saturated heterocycles. The zero-order valence-corrected chi connectivity index (χ0v) is 14.0. The fourth-order valence-electron chi connectivity index (χ4n) is 3.36. The van der Waals surface area contributed by atoms with E-state index in [2.05, 4.69) is 17.2 Å². The monoisotopic (exact) mass is 326 g/mol. The Hall–Kier alpha value is -3.33. The maximum atomic E-state index is 13.2. The lowest BCUT2D eigenvalue weighted by atomic mass is 9.80. The molecule has 0 amide bonds. The van der Waals surface area contributed by atoms with Crippen LogP contribution < -0.4 is 10.6 Å². The number of benzene rings is 3. The van der Waals surface area contributed by atoms with Gasteiger partial charge < -0.3 is 10.6 Å². The topological polar surface area (TPSA) is 41.1 Å². The number of rotatable bonds is 3. The zero-order valence-electron chi connectivity index (χ0n) is 14.0. The van der Waals surface area contributed by atoms with E-state index < -0.39 is 0 Å². The van der Waals surface area contributed by atoms with Gasteiger partial charge in [0.1, 0.15) is 0 Å². The normalized spacial score (nSPS) is 12.4. The highest BCUT2D eigenvalue weighted by molar-refractivity contribution is 6.22. The van der Waals surface area contributed by atoms with Gasteiger partial charge in [0.2, 0.25) is 0 Å². The van der Waals surface area contributed by atoms with Gasteiger partial charge in [0.15, 0.2) is 5.78 Å². The molecule has 0 aromatic heterocycles. The van der Waals surface area contributed by atoms with E-state index >= 15 is 0 Å². The Balaban J connectivity index is 1.93. The molecule has 0 heterocycles. The van der Waals surface area contributed by atoms with Crippen LogP contribution in [-0.4, -0.2) is 12.8 Å². The minimum Gasteiger partial charge on any atom is -0.388 e. The third-order valence-electron chi connectivity index (χ3n) is 4.55. The van der Waals surface area contributed by atoms with Crippen molar-refractivity contribution in [2.75, 3.05) is 17.7 Å². The first kappa shape index (κ1) is 15.2. The van der Waals surface area contributed by atoms with Crippen LogP contribution in [0.5, 0.6) is 0 Å². The summed E-state index contributed by atoms with van der Waals surface area (Å²) in [7, 11) is 1.86. The number of carbonyl (C=O) groups excluding carboxylic acids is 1. The second kappa shape index (κ2) is 5.95. The van der Waals surface area contributed by atoms with Crippen molar-refractivity contribution in [2.24, 2.45) is 0 Å². The summed E-state index contributed by atoms with van der Waals surface area (Å²) in [6, 6.07) is 21.4. The van der Waals surface area contributed by atoms with E-state index in [1.807, 2.05) is 73.8 Å². The van der Waals surface area contributed by atoms with Gasteiger partial charge in [-0.15, -0.1) is 0 Å². The zero-order chi connectivity index (χ0) is 17.4. The minimum absolute atomic E-state index is 0.0218. The van der Waals surface area contributed by atoms with E-state index in [1.165, 1.54) is 0 Å². The highest BCUT2D eigenvalue weighted by Crippen LogP contribution is 2.42. The van der Waals surface area contributed by atoms with E-state index in [-0.39, 0.29) is 5.78 Å². The van der Waals surface area contributed by atoms with Crippen LogP contribution in [0.3, 0.4) is 0 Å². The quantitative estimate of drug-likeness (QED) is 0.552. The van der Waals surface area contributed by atoms with Gasteiger partial charge in [-0.05, 0) is 35.4 Å². The van der Waals surface area contributed by atoms with Crippen molar-refractivity contribution in [2.45, 2.75) is 0 Å². The van der Waals surface area contributed by atoms with Gasteiger partial charge in [-0.2, -0.15) is 0 Å². The van der Waals surface area contributed by atoms with Crippen molar-refractivity contribution in [3.05, 3.63) is 95.6 Å². The number of nitrogens with one attached hydrogen (secondary N) is 2. The molecule has 2 N–H and O–H groups in total. The van der Waals surface area contributed by atoms with Gasteiger partial charge in [0, 0.05) is 29.5 Å². The van der Waals surface area contributed by atoms with Gasteiger partial charge in [-0.1, -0.05) is 49.0 Å². The fourth-order valence-corrected chi connectivity index (χ4v) is 3.36. The minimum atomic E-state index is 0.0218. The van der Waals surface area contributed by atoms with Crippen LogP contribution >= 0.6 is 0 Å². The predicted molar refractivity (Wildman–Crippen MR) is 104 cm³/mol. The molecule has 0 spiro atoms. The Labute approximate surface area is 147 Å². The van der Waals surface area contributed by atoms with Crippen molar-refractivity contribution in [1.29, 1.82) is 0 Å². The first-order valence-electron chi connectivity index (χ1n) is 8.21. The summed E-state index contributed by atoms with van der Waals surface area (Å²) < 4.78 is 0. The summed E-state index contributed by atoms with van der Waals surface area (Å²) in [5.74, 6) is 0.0218. The second-order valence-corrected chi connectivity index (χ2v) is 6.00. The number of para-hydroxylation sites is 1. The van der Waals surface area contributed by atoms with Gasteiger partial charge in [-0.3, -0.25) is 4.79 Å². The second-order valence-electron chi connectivity index (χ2n) is 6.00. The summed E-state index contributed by atoms with van der Waals surface area (Å²) in [5, 5.41) is 6.56. The lowest BCUT2D eigenvalue weighted by Gasteiger charge is -2.26. The molecule has 0 fully saturated rings. The molecule has 0 atom stereocenters. The summed E-state index contributed by atoms with van der Waals surface area (Å²) in [4.78, 5) is 13.2. The molecular weight excluding hydrogens is 308 g/mol. The molecule has 0 aliphatic heterocycles. The number of ketones is 1. The van der Waals surface area contributed by atoms with E-state index in [0.717, 1.165) is 33.8 Å². The van der Waals surface area contributed by atoms with E-state index in [0.29, 0.717) is 11.1 Å². The number of hydrogen-bond donors (Lipinski definition) is 2. The first-order chi connectivity index (χ1) is 12.2. The van der Waals surface area contributed by atoms with Crippen LogP contribution in [0.4, 0.5) is 17.1 Å². The molecule has 0 bridgehead atoms. The molecular formula is C22H18N2O. The molecule has 1 aliphatic rings. The Bertz CT molecular complexity index is 990. The molecule has 3 aromatic carbocycles. The largest absolute Gasteiger partial charge is 0.388 e. The van der Waals surface area contributed by atoms with Crippen molar-refractivity contribution in [3.63, 3.8) is 0 Å². The lowest BCUT2D eigenvalue weighted by molar-refractivity contribution is 0.103. The molecule has 3 heteroatoms. The molecule has 1 aliphatic carbocycles. The Kier molecular flexibility index (Phi) is 3.62. The average Bonchev–Trinajstić information content (AvgIpc) is 2.66. The Morgan fingerprint density at radius 3 is 2.12 bits per heavy atom. The Morgan fingerprint density at radius 1 is 0.760 bits per heavy atom. The van der Waals surface area contributed by atoms with Crippen molar-refractivity contribution in [1.82, 2.24) is 0 Å². The smallest absolute Gasteiger partial charge is 0.196 e. The maximum Gasteiger partial charge on any atom is 0.196 e. The summed E-state index contributed by atoms with van der Waals surface area (Å²) in [6.45, 7) is 4.27. The van der Waals surface area contributed by atoms with Crippen molar-refractivity contribution < 1.29 is 4.79 Å². The van der Waals surface area contributed by atoms with Gasteiger partial charge >= 0.3 is 0 Å². The van der Waals surface area contributed by atoms with E-state index in [9.17, 15) is 4.79 Å². The van der Waals surface area contributed by atoms with Gasteiger partial charge in [0.25, 0.3) is 0 Å². The van der Waals surface area contributed by atoms with E-state index in [4.69, 9.17) is 0 Å². The summed E-state index contributed by atoms with van der Waals surface area (Å²) in [6.07, 6.45) is 0. The molecule has 3 nitrogen and oxygen atoms in total. The van der Waals surface area contributed by atoms with Crippen LogP contribution in [-0.2, 0) is 0 Å². The highest BCUT2D eigenvalue weighted by atomic mass is 16.1. The highest BCUT2D eigenvalue weighted by Gasteiger charge is 2.30. The number of carbonyl (C=O) groups is 1. The third-order valence-corrected chi connectivity index (χ3v) is 4.55. The third kappa shape index (κ3) is 2.41. The molecule has 25 heavy (non-hydrogen) atoms. The number of hydrogen-bond acceptors (Lipinski definition) is 3. The average molecular weight is 326 g/mol. The summed E-state index contributed by atoms with van der Waals surface area (Å²) >= 11 is 0. The molecule has 0 unspecified atom stereocenters. The van der Waals surface area contributed by atoms with Crippen molar-refractivity contribution in [3.8, 4) is 0 Å². The van der Waals surface area contributed by atoms with E-state index in [1.54, 1.807) is 0 Å². The number of fused-ring (bicyclic) bond motifs is 2. The Morgan fingerprint density at radius 2 is 1.40 bits per heavy atom. The van der Waals surface area contributed by atoms with Crippen molar-refractivity contribution >= 4 is 28.4 Å². The van der Waals surface area contributed by atoms with Crippen LogP contribution in [0, 0.1) is 0 Å². The molecule has 3 aromatic rings. The molecule has 4 rings (SSSR count). The van der Waals surface area contributed by atoms with Crippen LogP contribution in [0.15, 0.2) is 73.3 Å². The van der Waals surface area contributed by atoms with Crippen LogP contribution in [0.2, 0.25) is 0 Å². The molecule has 0 radical (unpaired) electrons. The molecule has 122 valence electrons. The van der Waals surface area contributed by atoms with Gasteiger partial charge in [0.05, 0.1) is 11.3 Å². The number of anilines is 3. The molecule has 0 saturated carbocycles. The standard InChI is InChI=1S/C22H18N2O/c1-14-16-10-6-7-11-17(16)22(25)21-19(13-12-18(23-2)20(14)21)24-15-8-4-3-5-9-15/h3-13,23-24H,1H2,2H3. The first-order valence-corrected chi connectivity index (χ1v) is 8.21. The van der Waals surface area contributed by atoms with Crippen LogP contribution in [0.25, 0.3) is 5.57 Å². The predicted octanol–water partition coefficient (Wildman–Crippen LogP) is 5.08. The summed E-state index contributed by atoms with van der Waals surface area (Å²) in [5.41, 5.74) is 6.64. The van der Waals surface area contributed by atoms with Crippen LogP contribution in [0.1, 0.15) is 27.0 Å².